The number of anilines is 1. The molecule has 3 N–H and O–H groups in total. The SMILES string of the molecule is CCn1nc(C)c(N)c1-c1ncc(-c2ccccc2)[nH]1. The predicted molar refractivity (Wildman–Crippen MR) is 80.1 cm³/mol. The van der Waals surface area contributed by atoms with Crippen molar-refractivity contribution in [3.8, 4) is 22.8 Å². The molecule has 0 atom stereocenters. The number of nitrogen functional groups attached to an aromatic ring is 1. The van der Waals surface area contributed by atoms with Gasteiger partial charge in [0.2, 0.25) is 0 Å². The molecule has 102 valence electrons. The summed E-state index contributed by atoms with van der Waals surface area (Å²) < 4.78 is 1.87. The Balaban J connectivity index is 2.07. The fraction of sp³-hybridized carbons (Fsp3) is 0.200. The number of nitrogens with one attached hydrogen (secondary N) is 1. The molecule has 0 fully saturated rings. The zero-order valence-electron chi connectivity index (χ0n) is 11.6. The molecule has 0 aliphatic rings. The number of benzene rings is 1. The number of nitrogens with two attached hydrogens (primary N) is 1. The molecule has 0 saturated heterocycles. The van der Waals surface area contributed by atoms with Crippen molar-refractivity contribution in [2.45, 2.75) is 20.4 Å². The van der Waals surface area contributed by atoms with Crippen LogP contribution >= 0.6 is 0 Å². The molecule has 2 aromatic heterocycles. The smallest absolute Gasteiger partial charge is 0.158 e. The fourth-order valence-corrected chi connectivity index (χ4v) is 2.28. The zero-order chi connectivity index (χ0) is 14.1. The van der Waals surface area contributed by atoms with Gasteiger partial charge >= 0.3 is 0 Å². The van der Waals surface area contributed by atoms with E-state index in [9.17, 15) is 0 Å². The highest BCUT2D eigenvalue weighted by molar-refractivity contribution is 5.72. The van der Waals surface area contributed by atoms with Crippen LogP contribution < -0.4 is 5.73 Å². The van der Waals surface area contributed by atoms with Crippen LogP contribution in [0.3, 0.4) is 0 Å². The Morgan fingerprint density at radius 2 is 2.00 bits per heavy atom. The zero-order valence-corrected chi connectivity index (χ0v) is 11.6. The number of imidazole rings is 1. The van der Waals surface area contributed by atoms with E-state index in [2.05, 4.69) is 15.1 Å². The number of aryl methyl sites for hydroxylation is 2. The minimum Gasteiger partial charge on any atom is -0.395 e. The summed E-state index contributed by atoms with van der Waals surface area (Å²) in [6.45, 7) is 4.71. The van der Waals surface area contributed by atoms with Crippen LogP contribution in [-0.4, -0.2) is 19.7 Å². The summed E-state index contributed by atoms with van der Waals surface area (Å²) in [6, 6.07) is 10.1. The van der Waals surface area contributed by atoms with Crippen molar-refractivity contribution in [1.29, 1.82) is 0 Å². The molecule has 0 radical (unpaired) electrons. The van der Waals surface area contributed by atoms with Gasteiger partial charge in [-0.1, -0.05) is 30.3 Å². The van der Waals surface area contributed by atoms with Crippen molar-refractivity contribution in [2.24, 2.45) is 0 Å². The molecule has 3 aromatic rings. The molecule has 0 aliphatic carbocycles. The highest BCUT2D eigenvalue weighted by atomic mass is 15.3. The Morgan fingerprint density at radius 3 is 2.70 bits per heavy atom. The van der Waals surface area contributed by atoms with Crippen LogP contribution in [0.15, 0.2) is 36.5 Å². The van der Waals surface area contributed by atoms with E-state index >= 15 is 0 Å². The van der Waals surface area contributed by atoms with Crippen LogP contribution in [0, 0.1) is 6.92 Å². The van der Waals surface area contributed by atoms with Gasteiger partial charge in [0.1, 0.15) is 5.69 Å². The van der Waals surface area contributed by atoms with Gasteiger partial charge in [-0.3, -0.25) is 4.68 Å². The number of hydrogen-bond acceptors (Lipinski definition) is 3. The van der Waals surface area contributed by atoms with Gasteiger partial charge in [-0.15, -0.1) is 0 Å². The molecule has 5 nitrogen and oxygen atoms in total. The van der Waals surface area contributed by atoms with Crippen LogP contribution in [0.2, 0.25) is 0 Å². The third kappa shape index (κ3) is 1.97. The van der Waals surface area contributed by atoms with Crippen molar-refractivity contribution in [1.82, 2.24) is 19.7 Å². The van der Waals surface area contributed by atoms with E-state index in [1.807, 2.05) is 55.1 Å². The second-order valence-corrected chi connectivity index (χ2v) is 4.67. The van der Waals surface area contributed by atoms with Crippen molar-refractivity contribution in [2.75, 3.05) is 5.73 Å². The van der Waals surface area contributed by atoms with Gasteiger partial charge in [0, 0.05) is 6.54 Å². The van der Waals surface area contributed by atoms with Crippen LogP contribution in [0.5, 0.6) is 0 Å². The maximum absolute atomic E-state index is 6.12. The Morgan fingerprint density at radius 1 is 1.25 bits per heavy atom. The van der Waals surface area contributed by atoms with E-state index < -0.39 is 0 Å². The minimum atomic E-state index is 0.681. The largest absolute Gasteiger partial charge is 0.395 e. The first-order chi connectivity index (χ1) is 9.70. The number of nitrogens with zero attached hydrogens (tertiary/aromatic N) is 3. The number of H-pyrrole nitrogens is 1. The number of rotatable bonds is 3. The lowest BCUT2D eigenvalue weighted by Gasteiger charge is -2.02. The lowest BCUT2D eigenvalue weighted by Crippen LogP contribution is -2.01. The summed E-state index contributed by atoms with van der Waals surface area (Å²) in [5.41, 5.74) is 10.6. The summed E-state index contributed by atoms with van der Waals surface area (Å²) >= 11 is 0. The molecule has 0 bridgehead atoms. The van der Waals surface area contributed by atoms with E-state index in [0.29, 0.717) is 5.69 Å². The molecule has 0 unspecified atom stereocenters. The first kappa shape index (κ1) is 12.5. The second kappa shape index (κ2) is 4.85. The van der Waals surface area contributed by atoms with Gasteiger partial charge in [-0.25, -0.2) is 4.98 Å². The molecule has 20 heavy (non-hydrogen) atoms. The first-order valence-corrected chi connectivity index (χ1v) is 6.64. The third-order valence-corrected chi connectivity index (χ3v) is 3.36. The fourth-order valence-electron chi connectivity index (χ4n) is 2.28. The lowest BCUT2D eigenvalue weighted by molar-refractivity contribution is 0.658. The van der Waals surface area contributed by atoms with Gasteiger partial charge in [-0.05, 0) is 19.4 Å². The first-order valence-electron chi connectivity index (χ1n) is 6.64. The quantitative estimate of drug-likeness (QED) is 0.766. The summed E-state index contributed by atoms with van der Waals surface area (Å²) in [4.78, 5) is 7.77. The molecule has 1 aromatic carbocycles. The Bertz CT molecular complexity index is 724. The van der Waals surface area contributed by atoms with Crippen LogP contribution in [0.25, 0.3) is 22.8 Å². The third-order valence-electron chi connectivity index (χ3n) is 3.36. The molecule has 2 heterocycles. The average Bonchev–Trinajstić information content (AvgIpc) is 3.06. The maximum atomic E-state index is 6.12. The topological polar surface area (TPSA) is 72.5 Å². The molecule has 0 aliphatic heterocycles. The lowest BCUT2D eigenvalue weighted by atomic mass is 10.2. The summed E-state index contributed by atoms with van der Waals surface area (Å²) in [5, 5.41) is 4.42. The van der Waals surface area contributed by atoms with Crippen molar-refractivity contribution in [3.63, 3.8) is 0 Å². The van der Waals surface area contributed by atoms with Crippen LogP contribution in [0.4, 0.5) is 5.69 Å². The Kier molecular flexibility index (Phi) is 3.02. The normalized spacial score (nSPS) is 10.9. The molecule has 3 rings (SSSR count). The number of aromatic nitrogens is 4. The van der Waals surface area contributed by atoms with Crippen LogP contribution in [-0.2, 0) is 6.54 Å². The van der Waals surface area contributed by atoms with Crippen molar-refractivity contribution in [3.05, 3.63) is 42.2 Å². The molecule has 0 amide bonds. The molecular weight excluding hydrogens is 250 g/mol. The highest BCUT2D eigenvalue weighted by Crippen LogP contribution is 2.28. The minimum absolute atomic E-state index is 0.681. The summed E-state index contributed by atoms with van der Waals surface area (Å²) in [6.07, 6.45) is 1.83. The van der Waals surface area contributed by atoms with Gasteiger partial charge in [0.25, 0.3) is 0 Å². The molecular formula is C15H17N5. The Labute approximate surface area is 117 Å². The van der Waals surface area contributed by atoms with Crippen molar-refractivity contribution < 1.29 is 0 Å². The maximum Gasteiger partial charge on any atom is 0.158 e. The van der Waals surface area contributed by atoms with Gasteiger partial charge in [-0.2, -0.15) is 5.10 Å². The Hall–Kier alpha value is -2.56. The van der Waals surface area contributed by atoms with Crippen LogP contribution in [0.1, 0.15) is 12.6 Å². The van der Waals surface area contributed by atoms with E-state index in [0.717, 1.165) is 35.0 Å². The van der Waals surface area contributed by atoms with E-state index in [1.165, 1.54) is 0 Å². The van der Waals surface area contributed by atoms with E-state index in [-0.39, 0.29) is 0 Å². The van der Waals surface area contributed by atoms with Crippen molar-refractivity contribution >= 4 is 5.69 Å². The number of hydrogen-bond donors (Lipinski definition) is 2. The average molecular weight is 267 g/mol. The highest BCUT2D eigenvalue weighted by Gasteiger charge is 2.16. The summed E-state index contributed by atoms with van der Waals surface area (Å²) in [5.74, 6) is 0.754. The van der Waals surface area contributed by atoms with E-state index in [1.54, 1.807) is 0 Å². The second-order valence-electron chi connectivity index (χ2n) is 4.67. The predicted octanol–water partition coefficient (Wildman–Crippen LogP) is 2.85. The molecule has 0 spiro atoms. The summed E-state index contributed by atoms with van der Waals surface area (Å²) in [7, 11) is 0. The van der Waals surface area contributed by atoms with Gasteiger partial charge in [0.15, 0.2) is 5.82 Å². The molecule has 0 saturated carbocycles. The number of aromatic amines is 1. The standard InChI is InChI=1S/C15H17N5/c1-3-20-14(13(16)10(2)19-20)15-17-9-12(18-15)11-7-5-4-6-8-11/h4-9H,3,16H2,1-2H3,(H,17,18). The van der Waals surface area contributed by atoms with Gasteiger partial charge < -0.3 is 10.7 Å². The van der Waals surface area contributed by atoms with E-state index in [4.69, 9.17) is 5.73 Å². The van der Waals surface area contributed by atoms with Gasteiger partial charge in [0.05, 0.1) is 23.3 Å². The monoisotopic (exact) mass is 267 g/mol. The molecule has 5 heteroatoms.